The molecule has 2 N–H and O–H groups in total. The van der Waals surface area contributed by atoms with Crippen LogP contribution in [0.25, 0.3) is 0 Å². The second-order valence-electron chi connectivity index (χ2n) is 3.94. The van der Waals surface area contributed by atoms with Gasteiger partial charge in [0.05, 0.1) is 0 Å². The quantitative estimate of drug-likeness (QED) is 0.824. The molecule has 19 heavy (non-hydrogen) atoms. The van der Waals surface area contributed by atoms with Crippen molar-refractivity contribution in [3.8, 4) is 0 Å². The number of rotatable bonds is 3. The number of pyridine rings is 1. The average Bonchev–Trinajstić information content (AvgIpc) is 2.35. The summed E-state index contributed by atoms with van der Waals surface area (Å²) < 4.78 is 1.54. The normalized spacial score (nSPS) is 10.3. The van der Waals surface area contributed by atoms with Gasteiger partial charge in [0.2, 0.25) is 0 Å². The van der Waals surface area contributed by atoms with Crippen molar-refractivity contribution in [2.24, 2.45) is 0 Å². The lowest BCUT2D eigenvalue weighted by atomic mass is 10.2. The maximum absolute atomic E-state index is 11.2. The number of aryl methyl sites for hydroxylation is 1. The monoisotopic (exact) mass is 384 g/mol. The molecule has 0 bridgehead atoms. The first-order chi connectivity index (χ1) is 8.97. The van der Waals surface area contributed by atoms with Gasteiger partial charge in [-0.05, 0) is 46.6 Å². The summed E-state index contributed by atoms with van der Waals surface area (Å²) in [5, 5.41) is 12.2. The van der Waals surface area contributed by atoms with Crippen molar-refractivity contribution in [3.63, 3.8) is 0 Å². The van der Waals surface area contributed by atoms with Crippen LogP contribution in [0.2, 0.25) is 0 Å². The van der Waals surface area contributed by atoms with Crippen molar-refractivity contribution in [1.29, 1.82) is 0 Å². The van der Waals surface area contributed by atoms with Crippen LogP contribution in [0.15, 0.2) is 39.4 Å². The summed E-state index contributed by atoms with van der Waals surface area (Å²) in [5.41, 5.74) is 1.93. The number of anilines is 2. The number of halogens is 2. The third-order valence-corrected chi connectivity index (χ3v) is 3.46. The molecule has 0 atom stereocenters. The molecule has 0 aliphatic heterocycles. The highest BCUT2D eigenvalue weighted by atomic mass is 79.9. The van der Waals surface area contributed by atoms with Crippen LogP contribution in [-0.4, -0.2) is 16.1 Å². The van der Waals surface area contributed by atoms with Gasteiger partial charge in [-0.2, -0.15) is 0 Å². The van der Waals surface area contributed by atoms with Gasteiger partial charge < -0.3 is 10.4 Å². The van der Waals surface area contributed by atoms with Crippen molar-refractivity contribution < 1.29 is 9.90 Å². The van der Waals surface area contributed by atoms with E-state index in [0.29, 0.717) is 10.3 Å². The molecule has 0 saturated heterocycles. The van der Waals surface area contributed by atoms with Crippen molar-refractivity contribution in [1.82, 2.24) is 4.98 Å². The smallest absolute Gasteiger partial charge is 0.339 e. The summed E-state index contributed by atoms with van der Waals surface area (Å²) >= 11 is 6.60. The molecule has 0 aliphatic rings. The molecule has 0 aliphatic carbocycles. The van der Waals surface area contributed by atoms with Gasteiger partial charge in [0.1, 0.15) is 11.4 Å². The van der Waals surface area contributed by atoms with Gasteiger partial charge in [-0.25, -0.2) is 9.78 Å². The standard InChI is InChI=1S/C13H10Br2N2O2/c1-7-2-3-8(14)5-11(7)17-12-10(13(18)19)4-9(15)6-16-12/h2-6H,1H3,(H,16,17)(H,18,19). The van der Waals surface area contributed by atoms with E-state index < -0.39 is 5.97 Å². The van der Waals surface area contributed by atoms with Gasteiger partial charge >= 0.3 is 5.97 Å². The zero-order chi connectivity index (χ0) is 14.0. The van der Waals surface area contributed by atoms with Gasteiger partial charge in [0.15, 0.2) is 0 Å². The lowest BCUT2D eigenvalue weighted by molar-refractivity contribution is 0.0697. The minimum Gasteiger partial charge on any atom is -0.478 e. The van der Waals surface area contributed by atoms with Crippen LogP contribution < -0.4 is 5.32 Å². The molecule has 6 heteroatoms. The first kappa shape index (κ1) is 14.0. The molecule has 1 aromatic carbocycles. The Labute approximate surface area is 127 Å². The predicted octanol–water partition coefficient (Wildman–Crippen LogP) is 4.36. The molecule has 0 unspecified atom stereocenters. The van der Waals surface area contributed by atoms with Crippen LogP contribution in [-0.2, 0) is 0 Å². The van der Waals surface area contributed by atoms with Crippen molar-refractivity contribution in [2.75, 3.05) is 5.32 Å². The van der Waals surface area contributed by atoms with Crippen LogP contribution in [0.3, 0.4) is 0 Å². The first-order valence-corrected chi connectivity index (χ1v) is 6.98. The number of hydrogen-bond donors (Lipinski definition) is 2. The molecule has 0 saturated carbocycles. The van der Waals surface area contributed by atoms with Crippen LogP contribution in [0, 0.1) is 6.92 Å². The first-order valence-electron chi connectivity index (χ1n) is 5.39. The molecular formula is C13H10Br2N2O2. The molecule has 2 aromatic rings. The van der Waals surface area contributed by atoms with Gasteiger partial charge in [0.25, 0.3) is 0 Å². The Hall–Kier alpha value is -1.40. The Morgan fingerprint density at radius 1 is 1.26 bits per heavy atom. The highest BCUT2D eigenvalue weighted by Gasteiger charge is 2.13. The van der Waals surface area contributed by atoms with Gasteiger partial charge in [-0.3, -0.25) is 0 Å². The minimum absolute atomic E-state index is 0.119. The van der Waals surface area contributed by atoms with E-state index in [0.717, 1.165) is 15.7 Å². The highest BCUT2D eigenvalue weighted by molar-refractivity contribution is 9.10. The fraction of sp³-hybridized carbons (Fsp3) is 0.0769. The molecule has 1 heterocycles. The van der Waals surface area contributed by atoms with Crippen molar-refractivity contribution >= 4 is 49.3 Å². The summed E-state index contributed by atoms with van der Waals surface area (Å²) in [6.07, 6.45) is 1.56. The van der Waals surface area contributed by atoms with Crippen molar-refractivity contribution in [2.45, 2.75) is 6.92 Å². The van der Waals surface area contributed by atoms with Crippen LogP contribution in [0.5, 0.6) is 0 Å². The zero-order valence-corrected chi connectivity index (χ0v) is 13.1. The number of aromatic nitrogens is 1. The minimum atomic E-state index is -1.02. The Morgan fingerprint density at radius 3 is 2.68 bits per heavy atom. The highest BCUT2D eigenvalue weighted by Crippen LogP contribution is 2.26. The maximum Gasteiger partial charge on any atom is 0.339 e. The van der Waals surface area contributed by atoms with Crippen LogP contribution in [0.1, 0.15) is 15.9 Å². The predicted molar refractivity (Wildman–Crippen MR) is 81.1 cm³/mol. The number of carboxylic acid groups (broad SMARTS) is 1. The van der Waals surface area contributed by atoms with E-state index in [-0.39, 0.29) is 5.56 Å². The number of benzene rings is 1. The van der Waals surface area contributed by atoms with Gasteiger partial charge in [-0.15, -0.1) is 0 Å². The third kappa shape index (κ3) is 3.33. The molecule has 0 amide bonds. The number of carbonyl (C=O) groups is 1. The number of nitrogens with zero attached hydrogens (tertiary/aromatic N) is 1. The van der Waals surface area contributed by atoms with Gasteiger partial charge in [0, 0.05) is 20.8 Å². The average molecular weight is 386 g/mol. The molecule has 1 aromatic heterocycles. The number of carboxylic acids is 1. The topological polar surface area (TPSA) is 62.2 Å². The second kappa shape index (κ2) is 5.71. The van der Waals surface area contributed by atoms with Crippen molar-refractivity contribution in [3.05, 3.63) is 50.5 Å². The summed E-state index contributed by atoms with van der Waals surface area (Å²) in [7, 11) is 0. The lowest BCUT2D eigenvalue weighted by Crippen LogP contribution is -2.05. The number of hydrogen-bond acceptors (Lipinski definition) is 3. The molecule has 4 nitrogen and oxygen atoms in total. The summed E-state index contributed by atoms with van der Waals surface area (Å²) in [5.74, 6) is -0.708. The van der Waals surface area contributed by atoms with E-state index in [1.165, 1.54) is 6.07 Å². The van der Waals surface area contributed by atoms with Crippen LogP contribution >= 0.6 is 31.9 Å². The Morgan fingerprint density at radius 2 is 2.00 bits per heavy atom. The van der Waals surface area contributed by atoms with Crippen LogP contribution in [0.4, 0.5) is 11.5 Å². The van der Waals surface area contributed by atoms with E-state index in [1.807, 2.05) is 25.1 Å². The van der Waals surface area contributed by atoms with E-state index in [2.05, 4.69) is 42.2 Å². The van der Waals surface area contributed by atoms with E-state index in [4.69, 9.17) is 0 Å². The Kier molecular flexibility index (Phi) is 4.21. The van der Waals surface area contributed by atoms with E-state index in [1.54, 1.807) is 6.20 Å². The summed E-state index contributed by atoms with van der Waals surface area (Å²) in [6.45, 7) is 1.94. The molecular weight excluding hydrogens is 376 g/mol. The molecule has 0 fully saturated rings. The number of aromatic carboxylic acids is 1. The van der Waals surface area contributed by atoms with E-state index >= 15 is 0 Å². The summed E-state index contributed by atoms with van der Waals surface area (Å²) in [6, 6.07) is 7.26. The Balaban J connectivity index is 2.43. The fourth-order valence-electron chi connectivity index (χ4n) is 1.56. The molecule has 0 spiro atoms. The molecule has 0 radical (unpaired) electrons. The largest absolute Gasteiger partial charge is 0.478 e. The Bertz CT molecular complexity index is 645. The van der Waals surface area contributed by atoms with Gasteiger partial charge in [-0.1, -0.05) is 22.0 Å². The fourth-order valence-corrected chi connectivity index (χ4v) is 2.25. The van der Waals surface area contributed by atoms with E-state index in [9.17, 15) is 9.90 Å². The summed E-state index contributed by atoms with van der Waals surface area (Å²) in [4.78, 5) is 15.3. The SMILES string of the molecule is Cc1ccc(Br)cc1Nc1ncc(Br)cc1C(=O)O. The lowest BCUT2D eigenvalue weighted by Gasteiger charge is -2.11. The number of nitrogens with one attached hydrogen (secondary N) is 1. The molecule has 2 rings (SSSR count). The second-order valence-corrected chi connectivity index (χ2v) is 5.77. The maximum atomic E-state index is 11.2. The molecule has 98 valence electrons. The third-order valence-electron chi connectivity index (χ3n) is 2.54. The zero-order valence-electron chi connectivity index (χ0n) is 9.95.